The predicted octanol–water partition coefficient (Wildman–Crippen LogP) is 4.18. The lowest BCUT2D eigenvalue weighted by Crippen LogP contribution is -2.11. The molecule has 0 radical (unpaired) electrons. The second-order valence-electron chi connectivity index (χ2n) is 4.16. The number of nitrogens with one attached hydrogen (secondary N) is 1. The van der Waals surface area contributed by atoms with E-state index in [9.17, 15) is 8.42 Å². The normalized spacial score (nSPS) is 11.5. The Morgan fingerprint density at radius 2 is 2.00 bits per heavy atom. The molecule has 2 aromatic rings. The van der Waals surface area contributed by atoms with Crippen molar-refractivity contribution in [3.63, 3.8) is 0 Å². The molecule has 0 atom stereocenters. The molecule has 1 N–H and O–H groups in total. The van der Waals surface area contributed by atoms with Crippen LogP contribution in [0, 0.1) is 6.92 Å². The second-order valence-corrected chi connectivity index (χ2v) is 8.10. The van der Waals surface area contributed by atoms with Gasteiger partial charge in [-0.15, -0.1) is 11.3 Å². The average molecular weight is 360 g/mol. The van der Waals surface area contributed by atoms with Crippen LogP contribution in [0.25, 0.3) is 0 Å². The fraction of sp³-hybridized carbons (Fsp3) is 0.231. The molecule has 6 heteroatoms. The highest BCUT2D eigenvalue weighted by Crippen LogP contribution is 2.28. The van der Waals surface area contributed by atoms with Crippen molar-refractivity contribution in [2.75, 3.05) is 4.72 Å². The van der Waals surface area contributed by atoms with Crippen molar-refractivity contribution < 1.29 is 8.42 Å². The quantitative estimate of drug-likeness (QED) is 0.889. The maximum Gasteiger partial charge on any atom is 0.271 e. The van der Waals surface area contributed by atoms with Gasteiger partial charge in [-0.25, -0.2) is 8.42 Å². The highest BCUT2D eigenvalue weighted by molar-refractivity contribution is 9.10. The first-order chi connectivity index (χ1) is 8.92. The summed E-state index contributed by atoms with van der Waals surface area (Å²) >= 11 is 4.67. The van der Waals surface area contributed by atoms with Gasteiger partial charge in [0.05, 0.1) is 5.69 Å². The number of hydrogen-bond acceptors (Lipinski definition) is 3. The third kappa shape index (κ3) is 3.38. The topological polar surface area (TPSA) is 46.2 Å². The van der Waals surface area contributed by atoms with Crippen molar-refractivity contribution in [1.82, 2.24) is 0 Å². The Morgan fingerprint density at radius 3 is 2.58 bits per heavy atom. The fourth-order valence-electron chi connectivity index (χ4n) is 1.59. The molecule has 0 aliphatic heterocycles. The molecular weight excluding hydrogens is 346 g/mol. The third-order valence-corrected chi connectivity index (χ3v) is 6.36. The number of thiophene rings is 1. The lowest BCUT2D eigenvalue weighted by atomic mass is 10.2. The van der Waals surface area contributed by atoms with Crippen molar-refractivity contribution in [3.05, 3.63) is 45.2 Å². The molecule has 1 heterocycles. The van der Waals surface area contributed by atoms with Gasteiger partial charge in [-0.1, -0.05) is 13.0 Å². The lowest BCUT2D eigenvalue weighted by Gasteiger charge is -2.08. The molecule has 0 saturated heterocycles. The van der Waals surface area contributed by atoms with Crippen LogP contribution in [-0.4, -0.2) is 8.42 Å². The Hall–Kier alpha value is -0.850. The molecule has 3 nitrogen and oxygen atoms in total. The summed E-state index contributed by atoms with van der Waals surface area (Å²) in [6.07, 6.45) is 0.842. The molecule has 2 rings (SSSR count). The molecule has 19 heavy (non-hydrogen) atoms. The van der Waals surface area contributed by atoms with E-state index in [-0.39, 0.29) is 0 Å². The summed E-state index contributed by atoms with van der Waals surface area (Å²) in [5.41, 5.74) is 1.62. The highest BCUT2D eigenvalue weighted by Gasteiger charge is 2.17. The molecule has 102 valence electrons. The van der Waals surface area contributed by atoms with Crippen LogP contribution in [0.15, 0.2) is 39.0 Å². The van der Waals surface area contributed by atoms with E-state index in [4.69, 9.17) is 0 Å². The van der Waals surface area contributed by atoms with Crippen molar-refractivity contribution in [2.45, 2.75) is 24.5 Å². The van der Waals surface area contributed by atoms with Crippen LogP contribution in [0.3, 0.4) is 0 Å². The van der Waals surface area contributed by atoms with E-state index in [2.05, 4.69) is 20.7 Å². The summed E-state index contributed by atoms with van der Waals surface area (Å²) < 4.78 is 28.2. The maximum absolute atomic E-state index is 12.2. The molecule has 0 saturated carbocycles. The van der Waals surface area contributed by atoms with E-state index < -0.39 is 10.0 Å². The monoisotopic (exact) mass is 359 g/mol. The summed E-state index contributed by atoms with van der Waals surface area (Å²) in [5, 5.41) is 0. The Labute approximate surface area is 125 Å². The Bertz CT molecular complexity index is 692. The van der Waals surface area contributed by atoms with Crippen LogP contribution < -0.4 is 4.72 Å². The first-order valence-corrected chi connectivity index (χ1v) is 8.89. The first-order valence-electron chi connectivity index (χ1n) is 5.80. The minimum absolute atomic E-state index is 0.344. The van der Waals surface area contributed by atoms with Crippen LogP contribution in [0.4, 0.5) is 5.69 Å². The van der Waals surface area contributed by atoms with Gasteiger partial charge in [-0.3, -0.25) is 4.72 Å². The fourth-order valence-corrected chi connectivity index (χ4v) is 4.69. The van der Waals surface area contributed by atoms with Gasteiger partial charge < -0.3 is 0 Å². The van der Waals surface area contributed by atoms with Crippen LogP contribution in [-0.2, 0) is 16.4 Å². The van der Waals surface area contributed by atoms with Crippen molar-refractivity contribution in [2.24, 2.45) is 0 Å². The molecule has 0 bridgehead atoms. The van der Waals surface area contributed by atoms with Gasteiger partial charge in [0.2, 0.25) is 0 Å². The van der Waals surface area contributed by atoms with Gasteiger partial charge >= 0.3 is 0 Å². The maximum atomic E-state index is 12.2. The molecule has 1 aromatic heterocycles. The van der Waals surface area contributed by atoms with E-state index in [0.29, 0.717) is 9.90 Å². The molecule has 0 spiro atoms. The number of benzene rings is 1. The SMILES string of the molecule is CCc1ccc(S(=O)(=O)Nc2ccc(C)cc2Br)s1. The Balaban J connectivity index is 2.30. The molecule has 0 aliphatic rings. The second kappa shape index (κ2) is 5.64. The number of rotatable bonds is 4. The molecule has 0 unspecified atom stereocenters. The van der Waals surface area contributed by atoms with Crippen LogP contribution >= 0.6 is 27.3 Å². The number of sulfonamides is 1. The van der Waals surface area contributed by atoms with Gasteiger partial charge in [0.15, 0.2) is 0 Å². The average Bonchev–Trinajstić information content (AvgIpc) is 2.82. The van der Waals surface area contributed by atoms with E-state index in [1.807, 2.05) is 32.0 Å². The van der Waals surface area contributed by atoms with E-state index in [1.165, 1.54) is 11.3 Å². The van der Waals surface area contributed by atoms with Gasteiger partial charge in [0.1, 0.15) is 4.21 Å². The predicted molar refractivity (Wildman–Crippen MR) is 83.4 cm³/mol. The third-order valence-electron chi connectivity index (χ3n) is 2.62. The summed E-state index contributed by atoms with van der Waals surface area (Å²) in [7, 11) is -3.50. The van der Waals surface area contributed by atoms with Crippen molar-refractivity contribution in [1.29, 1.82) is 0 Å². The smallest absolute Gasteiger partial charge is 0.271 e. The van der Waals surface area contributed by atoms with Gasteiger partial charge in [-0.05, 0) is 59.1 Å². The van der Waals surface area contributed by atoms with E-state index >= 15 is 0 Å². The molecule has 0 amide bonds. The largest absolute Gasteiger partial charge is 0.278 e. The summed E-state index contributed by atoms with van der Waals surface area (Å²) in [6.45, 7) is 3.96. The zero-order chi connectivity index (χ0) is 14.0. The molecule has 0 aliphatic carbocycles. The summed E-state index contributed by atoms with van der Waals surface area (Å²) in [5.74, 6) is 0. The number of anilines is 1. The standard InChI is InChI=1S/C13H14BrNO2S2/c1-3-10-5-7-13(18-10)19(16,17)15-12-6-4-9(2)8-11(12)14/h4-8,15H,3H2,1-2H3. The molecule has 0 fully saturated rings. The zero-order valence-electron chi connectivity index (χ0n) is 10.6. The minimum atomic E-state index is -3.50. The Kier molecular flexibility index (Phi) is 4.32. The highest BCUT2D eigenvalue weighted by atomic mass is 79.9. The first kappa shape index (κ1) is 14.6. The van der Waals surface area contributed by atoms with Crippen molar-refractivity contribution in [3.8, 4) is 0 Å². The van der Waals surface area contributed by atoms with Gasteiger partial charge in [0.25, 0.3) is 10.0 Å². The van der Waals surface area contributed by atoms with E-state index in [0.717, 1.165) is 21.3 Å². The summed E-state index contributed by atoms with van der Waals surface area (Å²) in [4.78, 5) is 1.06. The number of halogens is 1. The number of aryl methyl sites for hydroxylation is 2. The Morgan fingerprint density at radius 1 is 1.26 bits per heavy atom. The van der Waals surface area contributed by atoms with Crippen molar-refractivity contribution >= 4 is 43.0 Å². The van der Waals surface area contributed by atoms with Crippen LogP contribution in [0.1, 0.15) is 17.4 Å². The van der Waals surface area contributed by atoms with Crippen LogP contribution in [0.5, 0.6) is 0 Å². The number of hydrogen-bond donors (Lipinski definition) is 1. The van der Waals surface area contributed by atoms with E-state index in [1.54, 1.807) is 12.1 Å². The zero-order valence-corrected chi connectivity index (χ0v) is 13.8. The summed E-state index contributed by atoms with van der Waals surface area (Å²) in [6, 6.07) is 9.00. The minimum Gasteiger partial charge on any atom is -0.278 e. The van der Waals surface area contributed by atoms with Gasteiger partial charge in [0, 0.05) is 9.35 Å². The van der Waals surface area contributed by atoms with Crippen LogP contribution in [0.2, 0.25) is 0 Å². The molecule has 1 aromatic carbocycles. The lowest BCUT2D eigenvalue weighted by molar-refractivity contribution is 0.603. The molecular formula is C13H14BrNO2S2. The van der Waals surface area contributed by atoms with Gasteiger partial charge in [-0.2, -0.15) is 0 Å².